The second kappa shape index (κ2) is 6.58. The largest absolute Gasteiger partial charge is 0.411 e. The zero-order valence-electron chi connectivity index (χ0n) is 12.0. The Hall–Kier alpha value is -2.08. The molecule has 1 aliphatic rings. The molecule has 1 aromatic rings. The number of nitrogens with two attached hydrogens (primary N) is 1. The molecule has 2 rings (SSSR count). The van der Waals surface area contributed by atoms with Crippen molar-refractivity contribution in [2.45, 2.75) is 44.6 Å². The van der Waals surface area contributed by atoms with Gasteiger partial charge in [-0.2, -0.15) is 0 Å². The van der Waals surface area contributed by atoms with Crippen LogP contribution in [0, 0.1) is 0 Å². The van der Waals surface area contributed by atoms with Crippen molar-refractivity contribution in [3.05, 3.63) is 29.3 Å². The lowest BCUT2D eigenvalue weighted by Crippen LogP contribution is -2.45. The number of carbonyl (C=O) groups excluding carboxylic acids is 1. The third kappa shape index (κ3) is 3.95. The van der Waals surface area contributed by atoms with Gasteiger partial charge in [0.2, 0.25) is 0 Å². The first kappa shape index (κ1) is 15.3. The molecule has 0 fully saturated rings. The number of benzene rings is 1. The van der Waals surface area contributed by atoms with E-state index >= 15 is 0 Å². The molecule has 0 amide bonds. The van der Waals surface area contributed by atoms with Gasteiger partial charge in [0.15, 0.2) is 5.75 Å². The minimum atomic E-state index is -0.499. The van der Waals surface area contributed by atoms with Gasteiger partial charge in [0, 0.05) is 24.2 Å². The number of hydrogen-bond donors (Lipinski definition) is 2. The third-order valence-electron chi connectivity index (χ3n) is 3.75. The van der Waals surface area contributed by atoms with E-state index in [1.807, 2.05) is 12.1 Å². The maximum Gasteiger partial charge on any atom is 0.352 e. The van der Waals surface area contributed by atoms with Crippen LogP contribution in [-0.4, -0.2) is 22.9 Å². The van der Waals surface area contributed by atoms with Gasteiger partial charge in [-0.15, -0.1) is 5.16 Å². The normalized spacial score (nSPS) is 21.0. The average molecular weight is 292 g/mol. The Kier molecular flexibility index (Phi) is 4.80. The zero-order valence-corrected chi connectivity index (χ0v) is 12.0. The average Bonchev–Trinajstić information content (AvgIpc) is 2.45. The van der Waals surface area contributed by atoms with Crippen molar-refractivity contribution in [2.75, 3.05) is 0 Å². The minimum absolute atomic E-state index is 0.371. The molecule has 0 saturated heterocycles. The topological polar surface area (TPSA) is 94.1 Å². The molecule has 0 heterocycles. The fourth-order valence-corrected chi connectivity index (χ4v) is 2.67. The van der Waals surface area contributed by atoms with Crippen molar-refractivity contribution in [2.24, 2.45) is 10.9 Å². The van der Waals surface area contributed by atoms with Crippen LogP contribution >= 0.6 is 0 Å². The van der Waals surface area contributed by atoms with E-state index in [-0.39, 0.29) is 5.54 Å². The Morgan fingerprint density at radius 3 is 3.10 bits per heavy atom. The molecule has 6 nitrogen and oxygen atoms in total. The van der Waals surface area contributed by atoms with E-state index in [1.54, 1.807) is 6.07 Å². The van der Waals surface area contributed by atoms with Crippen LogP contribution < -0.4 is 10.6 Å². The van der Waals surface area contributed by atoms with E-state index < -0.39 is 5.97 Å². The summed E-state index contributed by atoms with van der Waals surface area (Å²) >= 11 is 0. The number of aryl methyl sites for hydroxylation is 1. The van der Waals surface area contributed by atoms with Gasteiger partial charge in [0.25, 0.3) is 0 Å². The van der Waals surface area contributed by atoms with Crippen LogP contribution in [0.5, 0.6) is 5.75 Å². The zero-order chi connectivity index (χ0) is 15.3. The summed E-state index contributed by atoms with van der Waals surface area (Å²) in [6, 6.07) is 5.67. The number of oxime groups is 1. The van der Waals surface area contributed by atoms with E-state index in [1.165, 1.54) is 13.1 Å². The van der Waals surface area contributed by atoms with Crippen LogP contribution in [0.2, 0.25) is 0 Å². The summed E-state index contributed by atoms with van der Waals surface area (Å²) in [5, 5.41) is 11.5. The lowest BCUT2D eigenvalue weighted by molar-refractivity contribution is -0.211. The van der Waals surface area contributed by atoms with Crippen molar-refractivity contribution < 1.29 is 19.8 Å². The van der Waals surface area contributed by atoms with Crippen LogP contribution in [0.3, 0.4) is 0 Å². The first-order valence-electron chi connectivity index (χ1n) is 6.95. The van der Waals surface area contributed by atoms with Crippen LogP contribution in [0.25, 0.3) is 0 Å². The second-order valence-electron chi connectivity index (χ2n) is 5.43. The number of rotatable bonds is 5. The first-order valence-corrected chi connectivity index (χ1v) is 6.95. The summed E-state index contributed by atoms with van der Waals surface area (Å²) in [7, 11) is 0. The SMILES string of the molecule is CC(=O)OOc1cccc2c1CC(N)(CCC=NO)CC2. The highest BCUT2D eigenvalue weighted by Gasteiger charge is 2.32. The molecule has 0 saturated carbocycles. The quantitative estimate of drug-likeness (QED) is 0.374. The molecular formula is C15H20N2O4. The maximum absolute atomic E-state index is 10.9. The van der Waals surface area contributed by atoms with Gasteiger partial charge in [0.1, 0.15) is 0 Å². The van der Waals surface area contributed by atoms with E-state index in [0.29, 0.717) is 18.6 Å². The summed E-state index contributed by atoms with van der Waals surface area (Å²) in [6.45, 7) is 1.29. The van der Waals surface area contributed by atoms with E-state index in [4.69, 9.17) is 15.8 Å². The van der Waals surface area contributed by atoms with Gasteiger partial charge < -0.3 is 10.9 Å². The van der Waals surface area contributed by atoms with E-state index in [0.717, 1.165) is 30.4 Å². The molecule has 0 spiro atoms. The Labute approximate surface area is 123 Å². The third-order valence-corrected chi connectivity index (χ3v) is 3.75. The Balaban J connectivity index is 2.15. The molecule has 0 bridgehead atoms. The van der Waals surface area contributed by atoms with Crippen molar-refractivity contribution in [3.63, 3.8) is 0 Å². The summed E-state index contributed by atoms with van der Waals surface area (Å²) in [4.78, 5) is 20.6. The molecule has 1 atom stereocenters. The first-order chi connectivity index (χ1) is 10.0. The van der Waals surface area contributed by atoms with Crippen molar-refractivity contribution in [1.82, 2.24) is 0 Å². The van der Waals surface area contributed by atoms with Gasteiger partial charge in [-0.3, -0.25) is 9.78 Å². The molecule has 0 aliphatic heterocycles. The Bertz CT molecular complexity index is 544. The molecule has 0 radical (unpaired) electrons. The molecule has 1 unspecified atom stereocenters. The highest BCUT2D eigenvalue weighted by atomic mass is 17.2. The molecule has 1 aliphatic carbocycles. The van der Waals surface area contributed by atoms with Crippen LogP contribution in [0.1, 0.15) is 37.3 Å². The van der Waals surface area contributed by atoms with Gasteiger partial charge >= 0.3 is 5.97 Å². The standard InChI is InChI=1S/C15H20N2O4/c1-11(18)20-21-14-5-2-4-12-6-8-15(16,10-13(12)14)7-3-9-17-19/h2,4-5,9,19H,3,6-8,10,16H2,1H3. The number of nitrogens with zero attached hydrogens (tertiary/aromatic N) is 1. The van der Waals surface area contributed by atoms with Crippen LogP contribution in [0.15, 0.2) is 23.4 Å². The highest BCUT2D eigenvalue weighted by molar-refractivity contribution is 5.65. The summed E-state index contributed by atoms with van der Waals surface area (Å²) in [5.74, 6) is 0.0367. The molecular weight excluding hydrogens is 272 g/mol. The monoisotopic (exact) mass is 292 g/mol. The summed E-state index contributed by atoms with van der Waals surface area (Å²) in [5.41, 5.74) is 8.21. The number of carbonyl (C=O) groups is 1. The molecule has 3 N–H and O–H groups in total. The van der Waals surface area contributed by atoms with Crippen LogP contribution in [0.4, 0.5) is 0 Å². The molecule has 6 heteroatoms. The van der Waals surface area contributed by atoms with Gasteiger partial charge in [0.05, 0.1) is 0 Å². The lowest BCUT2D eigenvalue weighted by Gasteiger charge is -2.35. The van der Waals surface area contributed by atoms with E-state index in [2.05, 4.69) is 10.0 Å². The lowest BCUT2D eigenvalue weighted by atomic mass is 9.76. The molecule has 21 heavy (non-hydrogen) atoms. The molecule has 0 aromatic heterocycles. The highest BCUT2D eigenvalue weighted by Crippen LogP contribution is 2.35. The van der Waals surface area contributed by atoms with Gasteiger partial charge in [-0.1, -0.05) is 12.1 Å². The molecule has 1 aromatic carbocycles. The van der Waals surface area contributed by atoms with Gasteiger partial charge in [-0.05, 0) is 43.7 Å². The molecule has 114 valence electrons. The van der Waals surface area contributed by atoms with Crippen molar-refractivity contribution >= 4 is 12.2 Å². The predicted molar refractivity (Wildman–Crippen MR) is 77.3 cm³/mol. The fourth-order valence-electron chi connectivity index (χ4n) is 2.67. The number of fused-ring (bicyclic) bond motifs is 1. The maximum atomic E-state index is 10.9. The van der Waals surface area contributed by atoms with Crippen LogP contribution in [-0.2, 0) is 22.5 Å². The smallest absolute Gasteiger partial charge is 0.352 e. The summed E-state index contributed by atoms with van der Waals surface area (Å²) in [6.07, 6.45) is 5.13. The van der Waals surface area contributed by atoms with E-state index in [9.17, 15) is 4.79 Å². The Morgan fingerprint density at radius 2 is 2.38 bits per heavy atom. The fraction of sp³-hybridized carbons (Fsp3) is 0.467. The second-order valence-corrected chi connectivity index (χ2v) is 5.43. The van der Waals surface area contributed by atoms with Crippen molar-refractivity contribution in [3.8, 4) is 5.75 Å². The summed E-state index contributed by atoms with van der Waals surface area (Å²) < 4.78 is 0. The minimum Gasteiger partial charge on any atom is -0.411 e. The predicted octanol–water partition coefficient (Wildman–Crippen LogP) is 1.97. The van der Waals surface area contributed by atoms with Gasteiger partial charge in [-0.25, -0.2) is 4.79 Å². The number of hydrogen-bond acceptors (Lipinski definition) is 6. The Morgan fingerprint density at radius 1 is 1.57 bits per heavy atom. The van der Waals surface area contributed by atoms with Crippen molar-refractivity contribution in [1.29, 1.82) is 0 Å².